The zero-order valence-corrected chi connectivity index (χ0v) is 12.2. The second-order valence-corrected chi connectivity index (χ2v) is 5.21. The Labute approximate surface area is 120 Å². The molecule has 2 rings (SSSR count). The number of carbonyl (C=O) groups excluding carboxylic acids is 1. The maximum Gasteiger partial charge on any atom is 0.270 e. The number of anilines is 1. The molecule has 110 valence electrons. The number of ether oxygens (including phenoxy) is 1. The number of rotatable bonds is 5. The van der Waals surface area contributed by atoms with Crippen LogP contribution in [0.2, 0.25) is 0 Å². The van der Waals surface area contributed by atoms with E-state index in [1.165, 1.54) is 0 Å². The molecular weight excluding hydrogens is 254 g/mol. The van der Waals surface area contributed by atoms with E-state index in [2.05, 4.69) is 22.5 Å². The van der Waals surface area contributed by atoms with Gasteiger partial charge in [0.25, 0.3) is 5.91 Å². The van der Waals surface area contributed by atoms with E-state index >= 15 is 0 Å². The van der Waals surface area contributed by atoms with Crippen LogP contribution in [0.3, 0.4) is 0 Å². The minimum Gasteiger partial charge on any atom is -0.378 e. The summed E-state index contributed by atoms with van der Waals surface area (Å²) in [7, 11) is 0. The summed E-state index contributed by atoms with van der Waals surface area (Å²) in [5.41, 5.74) is 0.463. The summed E-state index contributed by atoms with van der Waals surface area (Å²) in [4.78, 5) is 16.5. The summed E-state index contributed by atoms with van der Waals surface area (Å²) < 4.78 is 5.48. The van der Waals surface area contributed by atoms with Crippen molar-refractivity contribution < 1.29 is 9.53 Å². The molecule has 1 aromatic heterocycles. The Morgan fingerprint density at radius 3 is 3.10 bits per heavy atom. The second kappa shape index (κ2) is 7.24. The zero-order valence-electron chi connectivity index (χ0n) is 12.2. The molecule has 5 nitrogen and oxygen atoms in total. The van der Waals surface area contributed by atoms with E-state index < -0.39 is 0 Å². The standard InChI is InChI=1S/C15H23N3O2/c1-3-8-16-14-6-4-5-13(18-14)15(19)17-12-7-9-20-11(2)10-12/h4-6,11-12H,3,7-10H2,1-2H3,(H,16,18)(H,17,19). The number of amides is 1. The molecule has 0 bridgehead atoms. The van der Waals surface area contributed by atoms with Gasteiger partial charge in [-0.2, -0.15) is 0 Å². The molecule has 0 spiro atoms. The van der Waals surface area contributed by atoms with E-state index in [-0.39, 0.29) is 18.1 Å². The lowest BCUT2D eigenvalue weighted by Gasteiger charge is -2.27. The fourth-order valence-corrected chi connectivity index (χ4v) is 2.30. The van der Waals surface area contributed by atoms with Crippen LogP contribution in [0.1, 0.15) is 43.6 Å². The maximum atomic E-state index is 12.2. The van der Waals surface area contributed by atoms with Crippen LogP contribution in [0, 0.1) is 0 Å². The van der Waals surface area contributed by atoms with Crippen LogP contribution in [0.25, 0.3) is 0 Å². The highest BCUT2D eigenvalue weighted by Crippen LogP contribution is 2.14. The summed E-state index contributed by atoms with van der Waals surface area (Å²) in [5.74, 6) is 0.643. The molecule has 20 heavy (non-hydrogen) atoms. The zero-order chi connectivity index (χ0) is 14.4. The van der Waals surface area contributed by atoms with Gasteiger partial charge in [0, 0.05) is 19.2 Å². The van der Waals surface area contributed by atoms with Gasteiger partial charge in [-0.15, -0.1) is 0 Å². The van der Waals surface area contributed by atoms with Crippen LogP contribution < -0.4 is 10.6 Å². The van der Waals surface area contributed by atoms with Gasteiger partial charge >= 0.3 is 0 Å². The van der Waals surface area contributed by atoms with Gasteiger partial charge in [0.15, 0.2) is 0 Å². The molecule has 1 aliphatic rings. The van der Waals surface area contributed by atoms with Crippen molar-refractivity contribution in [3.63, 3.8) is 0 Å². The highest BCUT2D eigenvalue weighted by atomic mass is 16.5. The molecule has 2 heterocycles. The smallest absolute Gasteiger partial charge is 0.270 e. The SMILES string of the molecule is CCCNc1cccc(C(=O)NC2CCOC(C)C2)n1. The van der Waals surface area contributed by atoms with Gasteiger partial charge < -0.3 is 15.4 Å². The average molecular weight is 277 g/mol. The van der Waals surface area contributed by atoms with Crippen LogP contribution in [-0.2, 0) is 4.74 Å². The highest BCUT2D eigenvalue weighted by molar-refractivity contribution is 5.92. The minimum absolute atomic E-state index is 0.107. The van der Waals surface area contributed by atoms with Gasteiger partial charge in [-0.1, -0.05) is 13.0 Å². The molecule has 5 heteroatoms. The Balaban J connectivity index is 1.94. The summed E-state index contributed by atoms with van der Waals surface area (Å²) in [6, 6.07) is 5.66. The fraction of sp³-hybridized carbons (Fsp3) is 0.600. The quantitative estimate of drug-likeness (QED) is 0.866. The molecular formula is C15H23N3O2. The van der Waals surface area contributed by atoms with Crippen LogP contribution in [0.4, 0.5) is 5.82 Å². The molecule has 2 unspecified atom stereocenters. The van der Waals surface area contributed by atoms with Crippen molar-refractivity contribution in [3.8, 4) is 0 Å². The first-order chi connectivity index (χ1) is 9.69. The third-order valence-electron chi connectivity index (χ3n) is 3.36. The normalized spacial score (nSPS) is 22.3. The van der Waals surface area contributed by atoms with E-state index in [0.29, 0.717) is 12.3 Å². The van der Waals surface area contributed by atoms with Gasteiger partial charge in [0.2, 0.25) is 0 Å². The van der Waals surface area contributed by atoms with E-state index in [4.69, 9.17) is 4.74 Å². The maximum absolute atomic E-state index is 12.2. The van der Waals surface area contributed by atoms with Gasteiger partial charge in [-0.25, -0.2) is 4.98 Å². The molecule has 0 saturated carbocycles. The Kier molecular flexibility index (Phi) is 5.35. The number of aromatic nitrogens is 1. The lowest BCUT2D eigenvalue weighted by Crippen LogP contribution is -2.41. The van der Waals surface area contributed by atoms with Crippen molar-refractivity contribution in [2.45, 2.75) is 45.3 Å². The first-order valence-electron chi connectivity index (χ1n) is 7.32. The Hall–Kier alpha value is -1.62. The van der Waals surface area contributed by atoms with Crippen molar-refractivity contribution >= 4 is 11.7 Å². The third kappa shape index (κ3) is 4.20. The lowest BCUT2D eigenvalue weighted by atomic mass is 10.0. The predicted molar refractivity (Wildman–Crippen MR) is 78.9 cm³/mol. The number of carbonyl (C=O) groups is 1. The molecule has 1 aliphatic heterocycles. The Morgan fingerprint density at radius 2 is 2.35 bits per heavy atom. The topological polar surface area (TPSA) is 63.2 Å². The van der Waals surface area contributed by atoms with Crippen molar-refractivity contribution in [2.75, 3.05) is 18.5 Å². The van der Waals surface area contributed by atoms with Crippen LogP contribution in [0.5, 0.6) is 0 Å². The predicted octanol–water partition coefficient (Wildman–Crippen LogP) is 2.20. The van der Waals surface area contributed by atoms with Gasteiger partial charge in [0.1, 0.15) is 11.5 Å². The fourth-order valence-electron chi connectivity index (χ4n) is 2.30. The summed E-state index contributed by atoms with van der Waals surface area (Å²) in [5, 5.41) is 6.23. The first-order valence-corrected chi connectivity index (χ1v) is 7.32. The molecule has 1 saturated heterocycles. The number of hydrogen-bond acceptors (Lipinski definition) is 4. The molecule has 1 aromatic rings. The van der Waals surface area contributed by atoms with Crippen molar-refractivity contribution in [1.82, 2.24) is 10.3 Å². The van der Waals surface area contributed by atoms with Crippen LogP contribution >= 0.6 is 0 Å². The molecule has 0 aromatic carbocycles. The average Bonchev–Trinajstić information content (AvgIpc) is 2.45. The third-order valence-corrected chi connectivity index (χ3v) is 3.36. The van der Waals surface area contributed by atoms with Crippen molar-refractivity contribution in [1.29, 1.82) is 0 Å². The van der Waals surface area contributed by atoms with E-state index in [1.54, 1.807) is 6.07 Å². The number of nitrogens with zero attached hydrogens (tertiary/aromatic N) is 1. The summed E-state index contributed by atoms with van der Waals surface area (Å²) in [6.45, 7) is 5.69. The Bertz CT molecular complexity index is 450. The largest absolute Gasteiger partial charge is 0.378 e. The lowest BCUT2D eigenvalue weighted by molar-refractivity contribution is 0.0136. The minimum atomic E-state index is -0.107. The van der Waals surface area contributed by atoms with Gasteiger partial charge in [-0.05, 0) is 38.3 Å². The summed E-state index contributed by atoms with van der Waals surface area (Å²) >= 11 is 0. The van der Waals surface area contributed by atoms with E-state index in [9.17, 15) is 4.79 Å². The van der Waals surface area contributed by atoms with Crippen LogP contribution in [0.15, 0.2) is 18.2 Å². The molecule has 2 atom stereocenters. The van der Waals surface area contributed by atoms with Crippen LogP contribution in [-0.4, -0.2) is 36.2 Å². The van der Waals surface area contributed by atoms with Gasteiger partial charge in [0.05, 0.1) is 6.10 Å². The first kappa shape index (κ1) is 14.8. The summed E-state index contributed by atoms with van der Waals surface area (Å²) in [6.07, 6.45) is 2.96. The molecule has 1 amide bonds. The monoisotopic (exact) mass is 277 g/mol. The highest BCUT2D eigenvalue weighted by Gasteiger charge is 2.21. The molecule has 1 fully saturated rings. The van der Waals surface area contributed by atoms with Gasteiger partial charge in [-0.3, -0.25) is 4.79 Å². The Morgan fingerprint density at radius 1 is 1.50 bits per heavy atom. The van der Waals surface area contributed by atoms with E-state index in [1.807, 2.05) is 19.1 Å². The van der Waals surface area contributed by atoms with Crippen molar-refractivity contribution in [2.24, 2.45) is 0 Å². The van der Waals surface area contributed by atoms with E-state index in [0.717, 1.165) is 31.6 Å². The second-order valence-electron chi connectivity index (χ2n) is 5.21. The molecule has 2 N–H and O–H groups in total. The number of pyridine rings is 1. The number of hydrogen-bond donors (Lipinski definition) is 2. The molecule has 0 radical (unpaired) electrons. The molecule has 0 aliphatic carbocycles. The number of nitrogens with one attached hydrogen (secondary N) is 2. The van der Waals surface area contributed by atoms with Crippen molar-refractivity contribution in [3.05, 3.63) is 23.9 Å².